The van der Waals surface area contributed by atoms with Gasteiger partial charge >= 0.3 is 0 Å². The topological polar surface area (TPSA) is 0 Å². The molecule has 0 aliphatic heterocycles. The maximum atomic E-state index is 5.38. The Hall–Kier alpha value is -4.07. The van der Waals surface area contributed by atoms with E-state index >= 15 is 0 Å². The lowest BCUT2D eigenvalue weighted by Gasteiger charge is -2.36. The minimum atomic E-state index is -0.260. The van der Waals surface area contributed by atoms with Gasteiger partial charge in [0.25, 0.3) is 0 Å². The fourth-order valence-electron chi connectivity index (χ4n) is 6.82. The Bertz CT molecular complexity index is 1740. The SMILES string of the molecule is CC1C(c2ccc(-c3ccccc3)cc2)=CC=C2c3ccc(-c4ccc(-c5ccccc5)cc4)cc3C(C)(S)C21. The summed E-state index contributed by atoms with van der Waals surface area (Å²) in [6.45, 7) is 4.68. The predicted molar refractivity (Wildman–Crippen MR) is 174 cm³/mol. The van der Waals surface area contributed by atoms with Crippen molar-refractivity contribution >= 4 is 23.8 Å². The second kappa shape index (κ2) is 9.84. The molecular formula is C39H32S. The lowest BCUT2D eigenvalue weighted by atomic mass is 9.72. The van der Waals surface area contributed by atoms with Gasteiger partial charge in [0.05, 0.1) is 0 Å². The smallest absolute Gasteiger partial charge is 0.0430 e. The Morgan fingerprint density at radius 1 is 0.500 bits per heavy atom. The molecule has 0 amide bonds. The van der Waals surface area contributed by atoms with Gasteiger partial charge in [-0.2, -0.15) is 12.6 Å². The first-order valence-electron chi connectivity index (χ1n) is 14.1. The predicted octanol–water partition coefficient (Wildman–Crippen LogP) is 10.6. The maximum Gasteiger partial charge on any atom is 0.0430 e. The first kappa shape index (κ1) is 24.9. The highest BCUT2D eigenvalue weighted by Crippen LogP contribution is 2.59. The summed E-state index contributed by atoms with van der Waals surface area (Å²) in [4.78, 5) is 0. The van der Waals surface area contributed by atoms with Crippen LogP contribution in [0.15, 0.2) is 140 Å². The minimum Gasteiger partial charge on any atom is -0.167 e. The molecule has 0 saturated carbocycles. The normalized spacial score (nSPS) is 21.3. The van der Waals surface area contributed by atoms with Crippen LogP contribution in [0.25, 0.3) is 44.5 Å². The standard InChI is InChI=1S/C39H32S/c1-26-34(32-19-17-30(18-20-32)28-11-7-4-8-12-28)23-24-36-35-22-21-33(25-37(35)39(2,40)38(26)36)31-15-13-29(14-16-31)27-9-5-3-6-10-27/h3-26,38,40H,1-2H3. The molecule has 0 fully saturated rings. The average Bonchev–Trinajstić information content (AvgIpc) is 3.25. The summed E-state index contributed by atoms with van der Waals surface area (Å²) in [5, 5.41) is 0. The molecule has 0 heterocycles. The van der Waals surface area contributed by atoms with Crippen LogP contribution < -0.4 is 0 Å². The van der Waals surface area contributed by atoms with Gasteiger partial charge in [0.15, 0.2) is 0 Å². The van der Waals surface area contributed by atoms with E-state index in [0.717, 1.165) is 0 Å². The maximum absolute atomic E-state index is 5.38. The van der Waals surface area contributed by atoms with Crippen molar-refractivity contribution in [2.45, 2.75) is 18.6 Å². The Morgan fingerprint density at radius 2 is 0.925 bits per heavy atom. The van der Waals surface area contributed by atoms with E-state index in [2.05, 4.69) is 153 Å². The van der Waals surface area contributed by atoms with Crippen molar-refractivity contribution in [3.63, 3.8) is 0 Å². The zero-order valence-electron chi connectivity index (χ0n) is 22.9. The molecule has 0 nitrogen and oxygen atoms in total. The molecule has 0 N–H and O–H groups in total. The second-order valence-corrected chi connectivity index (χ2v) is 12.2. The summed E-state index contributed by atoms with van der Waals surface area (Å²) >= 11 is 5.38. The number of benzene rings is 5. The Morgan fingerprint density at radius 3 is 1.48 bits per heavy atom. The third-order valence-corrected chi connectivity index (χ3v) is 9.42. The third-order valence-electron chi connectivity index (χ3n) is 8.90. The molecule has 0 bridgehead atoms. The average molecular weight is 533 g/mol. The van der Waals surface area contributed by atoms with Crippen molar-refractivity contribution in [2.24, 2.45) is 11.8 Å². The van der Waals surface area contributed by atoms with Crippen LogP contribution in [0.1, 0.15) is 30.5 Å². The van der Waals surface area contributed by atoms with E-state index in [0.29, 0.717) is 11.8 Å². The first-order chi connectivity index (χ1) is 19.5. The van der Waals surface area contributed by atoms with E-state index < -0.39 is 0 Å². The summed E-state index contributed by atoms with van der Waals surface area (Å²) in [5.74, 6) is 0.668. The van der Waals surface area contributed by atoms with Crippen LogP contribution in [0.4, 0.5) is 0 Å². The van der Waals surface area contributed by atoms with Gasteiger partial charge in [-0.3, -0.25) is 0 Å². The summed E-state index contributed by atoms with van der Waals surface area (Å²) in [6, 6.07) is 46.1. The summed E-state index contributed by atoms with van der Waals surface area (Å²) < 4.78 is -0.260. The summed E-state index contributed by atoms with van der Waals surface area (Å²) in [5.41, 5.74) is 14.2. The molecule has 5 aromatic rings. The number of fused-ring (bicyclic) bond motifs is 3. The van der Waals surface area contributed by atoms with Crippen LogP contribution in [0.3, 0.4) is 0 Å². The van der Waals surface area contributed by atoms with Crippen molar-refractivity contribution in [3.8, 4) is 33.4 Å². The van der Waals surface area contributed by atoms with Crippen LogP contribution in [0, 0.1) is 11.8 Å². The molecule has 5 aromatic carbocycles. The van der Waals surface area contributed by atoms with E-state index in [9.17, 15) is 0 Å². The molecular weight excluding hydrogens is 500 g/mol. The van der Waals surface area contributed by atoms with Crippen LogP contribution in [-0.4, -0.2) is 0 Å². The Balaban J connectivity index is 1.20. The highest BCUT2D eigenvalue weighted by molar-refractivity contribution is 7.81. The molecule has 0 spiro atoms. The zero-order valence-corrected chi connectivity index (χ0v) is 23.8. The number of hydrogen-bond donors (Lipinski definition) is 1. The summed E-state index contributed by atoms with van der Waals surface area (Å²) in [6.07, 6.45) is 4.68. The van der Waals surface area contributed by atoms with Crippen LogP contribution in [0.5, 0.6) is 0 Å². The molecule has 2 aliphatic rings. The second-order valence-electron chi connectivity index (χ2n) is 11.3. The molecule has 3 atom stereocenters. The highest BCUT2D eigenvalue weighted by Gasteiger charge is 2.48. The van der Waals surface area contributed by atoms with Gasteiger partial charge in [0, 0.05) is 10.7 Å². The van der Waals surface area contributed by atoms with E-state index in [1.807, 2.05) is 0 Å². The quantitative estimate of drug-likeness (QED) is 0.219. The van der Waals surface area contributed by atoms with Gasteiger partial charge in [-0.1, -0.05) is 140 Å². The van der Waals surface area contributed by atoms with Crippen LogP contribution in [0.2, 0.25) is 0 Å². The van der Waals surface area contributed by atoms with Crippen molar-refractivity contribution in [1.29, 1.82) is 0 Å². The fraction of sp³-hybridized carbons (Fsp3) is 0.128. The van der Waals surface area contributed by atoms with Crippen molar-refractivity contribution in [1.82, 2.24) is 0 Å². The number of thiol groups is 1. The molecule has 7 rings (SSSR count). The molecule has 0 saturated heterocycles. The Kier molecular flexibility index (Phi) is 6.13. The number of hydrogen-bond acceptors (Lipinski definition) is 1. The third kappa shape index (κ3) is 4.17. The lowest BCUT2D eigenvalue weighted by molar-refractivity contribution is 0.447. The van der Waals surface area contributed by atoms with E-state index in [1.54, 1.807) is 0 Å². The summed E-state index contributed by atoms with van der Waals surface area (Å²) in [7, 11) is 0. The molecule has 0 aromatic heterocycles. The largest absolute Gasteiger partial charge is 0.167 e. The fourth-order valence-corrected chi connectivity index (χ4v) is 7.37. The first-order valence-corrected chi connectivity index (χ1v) is 14.6. The monoisotopic (exact) mass is 532 g/mol. The number of rotatable bonds is 4. The molecule has 1 heteroatoms. The molecule has 3 unspecified atom stereocenters. The minimum absolute atomic E-state index is 0.260. The van der Waals surface area contributed by atoms with E-state index in [1.165, 1.54) is 61.2 Å². The van der Waals surface area contributed by atoms with Gasteiger partial charge in [0.1, 0.15) is 0 Å². The molecule has 0 radical (unpaired) electrons. The van der Waals surface area contributed by atoms with Crippen LogP contribution in [-0.2, 0) is 4.75 Å². The van der Waals surface area contributed by atoms with Gasteiger partial charge in [-0.25, -0.2) is 0 Å². The van der Waals surface area contributed by atoms with Crippen molar-refractivity contribution < 1.29 is 0 Å². The van der Waals surface area contributed by atoms with E-state index in [4.69, 9.17) is 12.6 Å². The molecule has 40 heavy (non-hydrogen) atoms. The van der Waals surface area contributed by atoms with Gasteiger partial charge in [-0.15, -0.1) is 0 Å². The van der Waals surface area contributed by atoms with Gasteiger partial charge in [0.2, 0.25) is 0 Å². The lowest BCUT2D eigenvalue weighted by Crippen LogP contribution is -2.28. The molecule has 2 aliphatic carbocycles. The van der Waals surface area contributed by atoms with Gasteiger partial charge < -0.3 is 0 Å². The van der Waals surface area contributed by atoms with Crippen molar-refractivity contribution in [2.75, 3.05) is 0 Å². The van der Waals surface area contributed by atoms with Gasteiger partial charge in [-0.05, 0) is 80.1 Å². The highest BCUT2D eigenvalue weighted by atomic mass is 32.1. The van der Waals surface area contributed by atoms with Crippen LogP contribution >= 0.6 is 12.6 Å². The zero-order chi connectivity index (χ0) is 27.3. The Labute approximate surface area is 243 Å². The molecule has 194 valence electrons. The number of allylic oxidation sites excluding steroid dienone is 4. The van der Waals surface area contributed by atoms with Crippen molar-refractivity contribution in [3.05, 3.63) is 156 Å². The van der Waals surface area contributed by atoms with E-state index in [-0.39, 0.29) is 4.75 Å².